The second-order valence-corrected chi connectivity index (χ2v) is 6.67. The van der Waals surface area contributed by atoms with Crippen molar-refractivity contribution in [3.05, 3.63) is 53.2 Å². The van der Waals surface area contributed by atoms with E-state index < -0.39 is 0 Å². The molecular weight excluding hydrogens is 314 g/mol. The van der Waals surface area contributed by atoms with E-state index in [0.717, 1.165) is 28.6 Å². The van der Waals surface area contributed by atoms with Crippen LogP contribution in [0.25, 0.3) is 11.5 Å². The first kappa shape index (κ1) is 15.7. The average Bonchev–Trinajstić information content (AvgIpc) is 3.35. The number of nitrogens with zero attached hydrogens (tertiary/aromatic N) is 4. The summed E-state index contributed by atoms with van der Waals surface area (Å²) < 4.78 is 5.38. The molecule has 0 amide bonds. The van der Waals surface area contributed by atoms with Gasteiger partial charge in [-0.2, -0.15) is 4.98 Å². The van der Waals surface area contributed by atoms with E-state index in [2.05, 4.69) is 44.5 Å². The number of hydrogen-bond donors (Lipinski definition) is 1. The van der Waals surface area contributed by atoms with E-state index in [-0.39, 0.29) is 6.04 Å². The molecule has 1 atom stereocenters. The van der Waals surface area contributed by atoms with Crippen LogP contribution in [0.4, 0.5) is 5.82 Å². The second kappa shape index (κ2) is 6.27. The lowest BCUT2D eigenvalue weighted by atomic mass is 10.1. The highest BCUT2D eigenvalue weighted by molar-refractivity contribution is 5.54. The molecule has 6 heteroatoms. The van der Waals surface area contributed by atoms with Crippen LogP contribution in [0.1, 0.15) is 54.5 Å². The van der Waals surface area contributed by atoms with Crippen molar-refractivity contribution in [3.63, 3.8) is 0 Å². The molecule has 25 heavy (non-hydrogen) atoms. The van der Waals surface area contributed by atoms with Crippen molar-refractivity contribution in [3.8, 4) is 11.5 Å². The highest BCUT2D eigenvalue weighted by atomic mass is 16.5. The third kappa shape index (κ3) is 3.38. The molecule has 1 aliphatic rings. The van der Waals surface area contributed by atoms with Crippen LogP contribution in [-0.4, -0.2) is 20.1 Å². The quantitative estimate of drug-likeness (QED) is 0.753. The van der Waals surface area contributed by atoms with Gasteiger partial charge in [-0.3, -0.25) is 0 Å². The standard InChI is InChI=1S/C19H21N5O/c1-11-10-20-13(3)22-17(11)21-12(2)14-4-8-16(9-5-14)19-23-18(24-25-19)15-6-7-15/h4-5,8-10,12,15H,6-7H2,1-3H3,(H,20,21,22)/t12-/m0/s1. The first-order valence-corrected chi connectivity index (χ1v) is 8.61. The Hall–Kier alpha value is -2.76. The highest BCUT2D eigenvalue weighted by Crippen LogP contribution is 2.38. The summed E-state index contributed by atoms with van der Waals surface area (Å²) in [5.74, 6) is 3.56. The normalized spacial score (nSPS) is 15.2. The van der Waals surface area contributed by atoms with Crippen LogP contribution < -0.4 is 5.32 Å². The molecule has 1 aliphatic carbocycles. The number of hydrogen-bond acceptors (Lipinski definition) is 6. The Morgan fingerprint density at radius 1 is 1.12 bits per heavy atom. The summed E-state index contributed by atoms with van der Waals surface area (Å²) in [6.45, 7) is 6.01. The largest absolute Gasteiger partial charge is 0.363 e. The summed E-state index contributed by atoms with van der Waals surface area (Å²) in [5, 5.41) is 7.52. The Morgan fingerprint density at radius 2 is 1.88 bits per heavy atom. The zero-order valence-corrected chi connectivity index (χ0v) is 14.7. The molecule has 0 aliphatic heterocycles. The third-order valence-electron chi connectivity index (χ3n) is 4.49. The molecule has 4 rings (SSSR count). The fourth-order valence-electron chi connectivity index (χ4n) is 2.74. The molecule has 0 bridgehead atoms. The lowest BCUT2D eigenvalue weighted by molar-refractivity contribution is 0.422. The summed E-state index contributed by atoms with van der Waals surface area (Å²) in [5.41, 5.74) is 3.15. The van der Waals surface area contributed by atoms with Crippen LogP contribution in [0.3, 0.4) is 0 Å². The molecule has 1 saturated carbocycles. The van der Waals surface area contributed by atoms with Crippen molar-refractivity contribution in [1.82, 2.24) is 20.1 Å². The molecule has 1 fully saturated rings. The summed E-state index contributed by atoms with van der Waals surface area (Å²) in [6.07, 6.45) is 4.18. The Morgan fingerprint density at radius 3 is 2.60 bits per heavy atom. The number of nitrogens with one attached hydrogen (secondary N) is 1. The minimum absolute atomic E-state index is 0.131. The average molecular weight is 335 g/mol. The lowest BCUT2D eigenvalue weighted by Gasteiger charge is -2.16. The number of benzene rings is 1. The maximum atomic E-state index is 5.38. The third-order valence-corrected chi connectivity index (χ3v) is 4.49. The monoisotopic (exact) mass is 335 g/mol. The Balaban J connectivity index is 1.49. The molecule has 6 nitrogen and oxygen atoms in total. The van der Waals surface area contributed by atoms with E-state index in [4.69, 9.17) is 4.52 Å². The zero-order chi connectivity index (χ0) is 17.4. The molecule has 3 aromatic rings. The van der Waals surface area contributed by atoms with Crippen LogP contribution in [-0.2, 0) is 0 Å². The highest BCUT2D eigenvalue weighted by Gasteiger charge is 2.28. The predicted molar refractivity (Wildman–Crippen MR) is 95.3 cm³/mol. The van der Waals surface area contributed by atoms with Crippen LogP contribution in [0.2, 0.25) is 0 Å². The maximum Gasteiger partial charge on any atom is 0.257 e. The number of anilines is 1. The van der Waals surface area contributed by atoms with Crippen LogP contribution in [0, 0.1) is 13.8 Å². The van der Waals surface area contributed by atoms with Gasteiger partial charge in [-0.1, -0.05) is 17.3 Å². The molecule has 0 saturated heterocycles. The van der Waals surface area contributed by atoms with E-state index in [1.165, 1.54) is 18.4 Å². The van der Waals surface area contributed by atoms with E-state index in [1.807, 2.05) is 32.2 Å². The van der Waals surface area contributed by atoms with Gasteiger partial charge in [-0.25, -0.2) is 9.97 Å². The van der Waals surface area contributed by atoms with Crippen LogP contribution in [0.15, 0.2) is 35.0 Å². The van der Waals surface area contributed by atoms with Crippen LogP contribution in [0.5, 0.6) is 0 Å². The number of aryl methyl sites for hydroxylation is 2. The summed E-state index contributed by atoms with van der Waals surface area (Å²) in [6, 6.07) is 8.34. The molecular formula is C19H21N5O. The molecule has 0 unspecified atom stereocenters. The Kier molecular flexibility index (Phi) is 3.95. The van der Waals surface area contributed by atoms with Gasteiger partial charge in [-0.15, -0.1) is 0 Å². The number of rotatable bonds is 5. The Labute approximate surface area is 146 Å². The van der Waals surface area contributed by atoms with E-state index in [1.54, 1.807) is 0 Å². The van der Waals surface area contributed by atoms with E-state index in [0.29, 0.717) is 11.8 Å². The minimum Gasteiger partial charge on any atom is -0.363 e. The second-order valence-electron chi connectivity index (χ2n) is 6.67. The molecule has 1 N–H and O–H groups in total. The van der Waals surface area contributed by atoms with E-state index >= 15 is 0 Å². The smallest absolute Gasteiger partial charge is 0.257 e. The van der Waals surface area contributed by atoms with Gasteiger partial charge in [0.05, 0.1) is 0 Å². The first-order chi connectivity index (χ1) is 12.1. The van der Waals surface area contributed by atoms with Crippen molar-refractivity contribution in [2.24, 2.45) is 0 Å². The maximum absolute atomic E-state index is 5.38. The molecule has 2 heterocycles. The van der Waals surface area contributed by atoms with Crippen LogP contribution >= 0.6 is 0 Å². The summed E-state index contributed by atoms with van der Waals surface area (Å²) in [4.78, 5) is 13.2. The van der Waals surface area contributed by atoms with E-state index in [9.17, 15) is 0 Å². The minimum atomic E-state index is 0.131. The van der Waals surface area contributed by atoms with Gasteiger partial charge in [-0.05, 0) is 51.3 Å². The first-order valence-electron chi connectivity index (χ1n) is 8.61. The fraction of sp³-hybridized carbons (Fsp3) is 0.368. The molecule has 128 valence electrons. The summed E-state index contributed by atoms with van der Waals surface area (Å²) in [7, 11) is 0. The van der Waals surface area contributed by atoms with Crippen molar-refractivity contribution < 1.29 is 4.52 Å². The molecule has 0 spiro atoms. The predicted octanol–water partition coefficient (Wildman–Crippen LogP) is 4.19. The van der Waals surface area contributed by atoms with Gasteiger partial charge in [0.1, 0.15) is 11.6 Å². The van der Waals surface area contributed by atoms with Crippen molar-refractivity contribution in [2.75, 3.05) is 5.32 Å². The van der Waals surface area contributed by atoms with Crippen molar-refractivity contribution in [2.45, 2.75) is 45.6 Å². The molecule has 0 radical (unpaired) electrons. The van der Waals surface area contributed by atoms with Crippen molar-refractivity contribution in [1.29, 1.82) is 0 Å². The fourth-order valence-corrected chi connectivity index (χ4v) is 2.74. The molecule has 2 aromatic heterocycles. The van der Waals surface area contributed by atoms with Gasteiger partial charge >= 0.3 is 0 Å². The summed E-state index contributed by atoms with van der Waals surface area (Å²) >= 11 is 0. The SMILES string of the molecule is Cc1ncc(C)c(N[C@@H](C)c2ccc(-c3nc(C4CC4)no3)cc2)n1. The van der Waals surface area contributed by atoms with Gasteiger partial charge in [0.15, 0.2) is 5.82 Å². The lowest BCUT2D eigenvalue weighted by Crippen LogP contribution is -2.10. The zero-order valence-electron chi connectivity index (χ0n) is 14.7. The van der Waals surface area contributed by atoms with Gasteiger partial charge in [0.25, 0.3) is 5.89 Å². The number of aromatic nitrogens is 4. The van der Waals surface area contributed by atoms with Crippen molar-refractivity contribution >= 4 is 5.82 Å². The topological polar surface area (TPSA) is 76.7 Å². The molecule has 1 aromatic carbocycles. The van der Waals surface area contributed by atoms with Gasteiger partial charge < -0.3 is 9.84 Å². The Bertz CT molecular complexity index is 883. The van der Waals surface area contributed by atoms with Gasteiger partial charge in [0.2, 0.25) is 0 Å². The van der Waals surface area contributed by atoms with Gasteiger partial charge in [0, 0.05) is 29.3 Å².